The molecule has 0 radical (unpaired) electrons. The Morgan fingerprint density at radius 3 is 2.45 bits per heavy atom. The van der Waals surface area contributed by atoms with Crippen LogP contribution in [0.15, 0.2) is 53.5 Å². The highest BCUT2D eigenvalue weighted by molar-refractivity contribution is 5.70. The predicted molar refractivity (Wildman–Crippen MR) is 76.7 cm³/mol. The van der Waals surface area contributed by atoms with Crippen molar-refractivity contribution in [1.29, 1.82) is 0 Å². The Morgan fingerprint density at radius 1 is 1.10 bits per heavy atom. The number of ether oxygens (including phenoxy) is 1. The van der Waals surface area contributed by atoms with E-state index >= 15 is 0 Å². The van der Waals surface area contributed by atoms with Gasteiger partial charge in [-0.05, 0) is 23.6 Å². The molecule has 0 aliphatic heterocycles. The first-order valence-electron chi connectivity index (χ1n) is 6.63. The van der Waals surface area contributed by atoms with Crippen LogP contribution in [0, 0.1) is 0 Å². The second-order valence-corrected chi connectivity index (χ2v) is 4.53. The van der Waals surface area contributed by atoms with Crippen molar-refractivity contribution in [2.75, 3.05) is 0 Å². The molecule has 1 heterocycles. The standard InChI is InChI=1S/C16H17NO3/c1-2-5-13-7-9-14(10-8-13)12-20-16(19)17-11-4-3-6-15(17)18/h3-4,6-11H,2,5,12H2,1H3. The number of aromatic nitrogens is 1. The number of benzene rings is 1. The Bertz CT molecular complexity index is 629. The lowest BCUT2D eigenvalue weighted by Crippen LogP contribution is -2.26. The number of hydrogen-bond acceptors (Lipinski definition) is 3. The fourth-order valence-corrected chi connectivity index (χ4v) is 1.88. The van der Waals surface area contributed by atoms with Crippen LogP contribution in [0.1, 0.15) is 24.5 Å². The van der Waals surface area contributed by atoms with Crippen LogP contribution in [0.25, 0.3) is 0 Å². The summed E-state index contributed by atoms with van der Waals surface area (Å²) in [6, 6.07) is 12.4. The van der Waals surface area contributed by atoms with Crippen molar-refractivity contribution in [3.63, 3.8) is 0 Å². The first-order chi connectivity index (χ1) is 9.70. The minimum Gasteiger partial charge on any atom is -0.444 e. The third-order valence-corrected chi connectivity index (χ3v) is 2.94. The van der Waals surface area contributed by atoms with E-state index in [4.69, 9.17) is 4.74 Å². The molecule has 2 aromatic rings. The maximum Gasteiger partial charge on any atom is 0.421 e. The van der Waals surface area contributed by atoms with Gasteiger partial charge < -0.3 is 4.74 Å². The van der Waals surface area contributed by atoms with E-state index in [-0.39, 0.29) is 6.61 Å². The minimum absolute atomic E-state index is 0.159. The average molecular weight is 271 g/mol. The molecule has 0 amide bonds. The zero-order valence-corrected chi connectivity index (χ0v) is 11.4. The van der Waals surface area contributed by atoms with Gasteiger partial charge in [-0.25, -0.2) is 9.36 Å². The largest absolute Gasteiger partial charge is 0.444 e. The van der Waals surface area contributed by atoms with Crippen molar-refractivity contribution >= 4 is 6.09 Å². The van der Waals surface area contributed by atoms with Crippen LogP contribution < -0.4 is 5.56 Å². The van der Waals surface area contributed by atoms with Crippen molar-refractivity contribution in [1.82, 2.24) is 4.57 Å². The maximum atomic E-state index is 11.7. The SMILES string of the molecule is CCCc1ccc(COC(=O)n2ccccc2=O)cc1. The van der Waals surface area contributed by atoms with Gasteiger partial charge in [0, 0.05) is 12.3 Å². The van der Waals surface area contributed by atoms with Gasteiger partial charge in [-0.15, -0.1) is 0 Å². The van der Waals surface area contributed by atoms with E-state index in [1.54, 1.807) is 12.1 Å². The molecule has 20 heavy (non-hydrogen) atoms. The molecule has 2 rings (SSSR count). The van der Waals surface area contributed by atoms with E-state index in [9.17, 15) is 9.59 Å². The molecule has 0 spiro atoms. The van der Waals surface area contributed by atoms with Gasteiger partial charge >= 0.3 is 6.09 Å². The highest BCUT2D eigenvalue weighted by atomic mass is 16.5. The summed E-state index contributed by atoms with van der Waals surface area (Å²) in [5.74, 6) is 0. The van der Waals surface area contributed by atoms with Crippen molar-refractivity contribution in [2.24, 2.45) is 0 Å². The summed E-state index contributed by atoms with van der Waals surface area (Å²) < 4.78 is 6.07. The number of hydrogen-bond donors (Lipinski definition) is 0. The topological polar surface area (TPSA) is 48.3 Å². The number of rotatable bonds is 4. The monoisotopic (exact) mass is 271 g/mol. The molecule has 0 fully saturated rings. The smallest absolute Gasteiger partial charge is 0.421 e. The molecule has 1 aromatic heterocycles. The van der Waals surface area contributed by atoms with E-state index in [0.717, 1.165) is 23.0 Å². The zero-order chi connectivity index (χ0) is 14.4. The highest BCUT2D eigenvalue weighted by Crippen LogP contribution is 2.08. The normalized spacial score (nSPS) is 10.2. The van der Waals surface area contributed by atoms with Crippen molar-refractivity contribution in [3.8, 4) is 0 Å². The lowest BCUT2D eigenvalue weighted by atomic mass is 10.1. The Hall–Kier alpha value is -2.36. The van der Waals surface area contributed by atoms with Crippen LogP contribution in [0.2, 0.25) is 0 Å². The van der Waals surface area contributed by atoms with Crippen molar-refractivity contribution in [3.05, 3.63) is 70.1 Å². The van der Waals surface area contributed by atoms with E-state index < -0.39 is 11.7 Å². The van der Waals surface area contributed by atoms with Crippen molar-refractivity contribution in [2.45, 2.75) is 26.4 Å². The van der Waals surface area contributed by atoms with Crippen LogP contribution in [-0.2, 0) is 17.8 Å². The summed E-state index contributed by atoms with van der Waals surface area (Å²) in [4.78, 5) is 23.2. The quantitative estimate of drug-likeness (QED) is 0.859. The number of nitrogens with zero attached hydrogens (tertiary/aromatic N) is 1. The van der Waals surface area contributed by atoms with Gasteiger partial charge in [0.15, 0.2) is 0 Å². The summed E-state index contributed by atoms with van der Waals surface area (Å²) in [6.45, 7) is 2.29. The van der Waals surface area contributed by atoms with Crippen LogP contribution >= 0.6 is 0 Å². The molecule has 0 aliphatic carbocycles. The average Bonchev–Trinajstić information content (AvgIpc) is 2.47. The molecule has 0 unspecified atom stereocenters. The van der Waals surface area contributed by atoms with E-state index in [0.29, 0.717) is 0 Å². The van der Waals surface area contributed by atoms with Gasteiger partial charge in [0.25, 0.3) is 5.56 Å². The molecule has 0 N–H and O–H groups in total. The van der Waals surface area contributed by atoms with Crippen LogP contribution in [0.5, 0.6) is 0 Å². The molecular formula is C16H17NO3. The predicted octanol–water partition coefficient (Wildman–Crippen LogP) is 2.99. The molecular weight excluding hydrogens is 254 g/mol. The van der Waals surface area contributed by atoms with E-state index in [1.165, 1.54) is 17.8 Å². The second-order valence-electron chi connectivity index (χ2n) is 4.53. The third kappa shape index (κ3) is 3.57. The summed E-state index contributed by atoms with van der Waals surface area (Å²) in [6.07, 6.45) is 2.88. The van der Waals surface area contributed by atoms with E-state index in [1.807, 2.05) is 24.3 Å². The van der Waals surface area contributed by atoms with Gasteiger partial charge in [0.2, 0.25) is 0 Å². The molecule has 1 aromatic carbocycles. The lowest BCUT2D eigenvalue weighted by molar-refractivity contribution is 0.140. The second kappa shape index (κ2) is 6.70. The molecule has 0 saturated carbocycles. The van der Waals surface area contributed by atoms with Crippen LogP contribution in [-0.4, -0.2) is 10.7 Å². The van der Waals surface area contributed by atoms with Gasteiger partial charge in [0.05, 0.1) is 0 Å². The fraction of sp³-hybridized carbons (Fsp3) is 0.250. The molecule has 4 nitrogen and oxygen atoms in total. The van der Waals surface area contributed by atoms with Crippen molar-refractivity contribution < 1.29 is 9.53 Å². The first-order valence-corrected chi connectivity index (χ1v) is 6.63. The lowest BCUT2D eigenvalue weighted by Gasteiger charge is -2.07. The Balaban J connectivity index is 1.97. The molecule has 0 atom stereocenters. The highest BCUT2D eigenvalue weighted by Gasteiger charge is 2.07. The number of carbonyl (C=O) groups excluding carboxylic acids is 1. The van der Waals surface area contributed by atoms with Gasteiger partial charge in [-0.3, -0.25) is 4.79 Å². The number of carbonyl (C=O) groups is 1. The molecule has 0 aliphatic rings. The summed E-state index contributed by atoms with van der Waals surface area (Å²) in [5.41, 5.74) is 1.78. The Labute approximate surface area is 117 Å². The van der Waals surface area contributed by atoms with Crippen LogP contribution in [0.4, 0.5) is 4.79 Å². The summed E-state index contributed by atoms with van der Waals surface area (Å²) in [5, 5.41) is 0. The molecule has 104 valence electrons. The van der Waals surface area contributed by atoms with E-state index in [2.05, 4.69) is 6.92 Å². The third-order valence-electron chi connectivity index (χ3n) is 2.94. The minimum atomic E-state index is -0.659. The Kier molecular flexibility index (Phi) is 4.71. The van der Waals surface area contributed by atoms with Crippen LogP contribution in [0.3, 0.4) is 0 Å². The number of aryl methyl sites for hydroxylation is 1. The Morgan fingerprint density at radius 2 is 1.80 bits per heavy atom. The zero-order valence-electron chi connectivity index (χ0n) is 11.4. The summed E-state index contributed by atoms with van der Waals surface area (Å²) >= 11 is 0. The molecule has 0 saturated heterocycles. The fourth-order valence-electron chi connectivity index (χ4n) is 1.88. The number of pyridine rings is 1. The van der Waals surface area contributed by atoms with Gasteiger partial charge in [0.1, 0.15) is 6.61 Å². The maximum absolute atomic E-state index is 11.7. The molecule has 4 heteroatoms. The summed E-state index contributed by atoms with van der Waals surface area (Å²) in [7, 11) is 0. The van der Waals surface area contributed by atoms with Gasteiger partial charge in [-0.2, -0.15) is 0 Å². The molecule has 0 bridgehead atoms. The van der Waals surface area contributed by atoms with Gasteiger partial charge in [-0.1, -0.05) is 43.7 Å². The first kappa shape index (κ1) is 14.1.